The van der Waals surface area contributed by atoms with E-state index in [0.29, 0.717) is 12.2 Å². The van der Waals surface area contributed by atoms with Crippen LogP contribution in [0.4, 0.5) is 8.78 Å². The third-order valence-electron chi connectivity index (χ3n) is 2.72. The number of halogens is 2. The molecule has 1 nitrogen and oxygen atoms in total. The summed E-state index contributed by atoms with van der Waals surface area (Å²) in [6.45, 7) is 0.454. The van der Waals surface area contributed by atoms with Gasteiger partial charge in [0.25, 0.3) is 0 Å². The van der Waals surface area contributed by atoms with Crippen molar-refractivity contribution in [1.29, 1.82) is 0 Å². The molecule has 3 rings (SSSR count). The van der Waals surface area contributed by atoms with Crippen molar-refractivity contribution in [2.45, 2.75) is 5.60 Å². The van der Waals surface area contributed by atoms with Gasteiger partial charge >= 0.3 is 0 Å². The van der Waals surface area contributed by atoms with E-state index in [-0.39, 0.29) is 0 Å². The molecule has 0 bridgehead atoms. The van der Waals surface area contributed by atoms with Crippen LogP contribution in [0, 0.1) is 11.6 Å². The van der Waals surface area contributed by atoms with Gasteiger partial charge in [0.2, 0.25) is 0 Å². The summed E-state index contributed by atoms with van der Waals surface area (Å²) in [5.74, 6) is -1.12. The molecular formula is C12H8F2OS. The quantitative estimate of drug-likeness (QED) is 0.731. The Labute approximate surface area is 95.3 Å². The molecule has 0 spiro atoms. The van der Waals surface area contributed by atoms with Gasteiger partial charge in [0.05, 0.1) is 6.61 Å². The number of hydrogen-bond acceptors (Lipinski definition) is 2. The molecule has 2 aromatic rings. The minimum atomic E-state index is -0.675. The monoisotopic (exact) mass is 238 g/mol. The van der Waals surface area contributed by atoms with Crippen molar-refractivity contribution >= 4 is 11.3 Å². The molecule has 0 aliphatic carbocycles. The molecule has 0 saturated carbocycles. The van der Waals surface area contributed by atoms with Crippen molar-refractivity contribution in [3.05, 3.63) is 57.8 Å². The Hall–Kier alpha value is -1.26. The van der Waals surface area contributed by atoms with Crippen LogP contribution >= 0.6 is 11.3 Å². The lowest BCUT2D eigenvalue weighted by Crippen LogP contribution is -2.11. The average Bonchev–Trinajstić information content (AvgIpc) is 2.87. The zero-order valence-electron chi connectivity index (χ0n) is 8.24. The highest BCUT2D eigenvalue weighted by Gasteiger charge is 2.50. The molecule has 1 atom stereocenters. The van der Waals surface area contributed by atoms with Crippen molar-refractivity contribution in [3.63, 3.8) is 0 Å². The maximum absolute atomic E-state index is 13.7. The van der Waals surface area contributed by atoms with Crippen LogP contribution in [0.25, 0.3) is 0 Å². The summed E-state index contributed by atoms with van der Waals surface area (Å²) in [5.41, 5.74) is -0.261. The highest BCUT2D eigenvalue weighted by Crippen LogP contribution is 2.47. The van der Waals surface area contributed by atoms with Gasteiger partial charge in [0.15, 0.2) is 5.60 Å². The summed E-state index contributed by atoms with van der Waals surface area (Å²) in [4.78, 5) is 0.956. The molecule has 1 aromatic heterocycles. The van der Waals surface area contributed by atoms with E-state index in [0.717, 1.165) is 10.9 Å². The van der Waals surface area contributed by atoms with E-state index in [1.54, 1.807) is 0 Å². The molecule has 1 aliphatic rings. The number of epoxide rings is 1. The summed E-state index contributed by atoms with van der Waals surface area (Å²) >= 11 is 1.51. The normalized spacial score (nSPS) is 23.4. The zero-order valence-corrected chi connectivity index (χ0v) is 9.06. The summed E-state index contributed by atoms with van der Waals surface area (Å²) < 4.78 is 31.9. The largest absolute Gasteiger partial charge is 0.358 e. The average molecular weight is 238 g/mol. The molecular weight excluding hydrogens is 230 g/mol. The van der Waals surface area contributed by atoms with Crippen molar-refractivity contribution in [2.75, 3.05) is 6.61 Å². The van der Waals surface area contributed by atoms with Crippen LogP contribution in [0.2, 0.25) is 0 Å². The maximum atomic E-state index is 13.7. The lowest BCUT2D eigenvalue weighted by Gasteiger charge is -2.11. The van der Waals surface area contributed by atoms with Crippen LogP contribution in [-0.4, -0.2) is 6.61 Å². The van der Waals surface area contributed by atoms with E-state index < -0.39 is 17.2 Å². The lowest BCUT2D eigenvalue weighted by atomic mass is 9.97. The predicted molar refractivity (Wildman–Crippen MR) is 57.4 cm³/mol. The number of thiophene rings is 1. The summed E-state index contributed by atoms with van der Waals surface area (Å²) in [6.07, 6.45) is 0. The predicted octanol–water partition coefficient (Wildman–Crippen LogP) is 3.30. The van der Waals surface area contributed by atoms with E-state index in [2.05, 4.69) is 0 Å². The molecule has 1 fully saturated rings. The molecule has 0 radical (unpaired) electrons. The minimum absolute atomic E-state index is 0.413. The van der Waals surface area contributed by atoms with E-state index in [1.165, 1.54) is 23.5 Å². The first-order valence-corrected chi connectivity index (χ1v) is 5.74. The molecule has 1 aliphatic heterocycles. The fourth-order valence-electron chi connectivity index (χ4n) is 1.83. The molecule has 82 valence electrons. The second-order valence-corrected chi connectivity index (χ2v) is 4.66. The van der Waals surface area contributed by atoms with E-state index in [4.69, 9.17) is 4.74 Å². The van der Waals surface area contributed by atoms with Crippen molar-refractivity contribution in [3.8, 4) is 0 Å². The Bertz CT molecular complexity index is 518. The first-order valence-electron chi connectivity index (χ1n) is 4.86. The second kappa shape index (κ2) is 3.37. The van der Waals surface area contributed by atoms with Gasteiger partial charge in [-0.2, -0.15) is 0 Å². The maximum Gasteiger partial charge on any atom is 0.153 e. The SMILES string of the molecule is Fc1ccc(C2(c3cccs3)CO2)c(F)c1. The Morgan fingerprint density at radius 2 is 2.06 bits per heavy atom. The Morgan fingerprint density at radius 1 is 1.25 bits per heavy atom. The molecule has 1 unspecified atom stereocenters. The first kappa shape index (κ1) is 9.93. The molecule has 0 amide bonds. The summed E-state index contributed by atoms with van der Waals surface area (Å²) in [6, 6.07) is 7.41. The summed E-state index contributed by atoms with van der Waals surface area (Å²) in [7, 11) is 0. The topological polar surface area (TPSA) is 12.5 Å². The van der Waals surface area contributed by atoms with Crippen LogP contribution in [-0.2, 0) is 10.3 Å². The minimum Gasteiger partial charge on any atom is -0.358 e. The van der Waals surface area contributed by atoms with Crippen LogP contribution in [0.1, 0.15) is 10.4 Å². The smallest absolute Gasteiger partial charge is 0.153 e. The fraction of sp³-hybridized carbons (Fsp3) is 0.167. The van der Waals surface area contributed by atoms with Crippen LogP contribution < -0.4 is 0 Å². The summed E-state index contributed by atoms with van der Waals surface area (Å²) in [5, 5.41) is 1.92. The van der Waals surface area contributed by atoms with E-state index in [1.807, 2.05) is 17.5 Å². The molecule has 2 heterocycles. The molecule has 1 saturated heterocycles. The molecule has 4 heteroatoms. The van der Waals surface area contributed by atoms with Gasteiger partial charge in [-0.05, 0) is 23.6 Å². The number of hydrogen-bond donors (Lipinski definition) is 0. The standard InChI is InChI=1S/C12H8F2OS/c13-8-3-4-9(10(14)6-8)12(7-15-12)11-2-1-5-16-11/h1-6H,7H2. The number of ether oxygens (including phenoxy) is 1. The number of rotatable bonds is 2. The third-order valence-corrected chi connectivity index (χ3v) is 3.73. The highest BCUT2D eigenvalue weighted by molar-refractivity contribution is 7.10. The van der Waals surface area contributed by atoms with Gasteiger partial charge in [-0.25, -0.2) is 8.78 Å². The highest BCUT2D eigenvalue weighted by atomic mass is 32.1. The number of benzene rings is 1. The molecule has 0 N–H and O–H groups in total. The van der Waals surface area contributed by atoms with Crippen molar-refractivity contribution in [2.24, 2.45) is 0 Å². The van der Waals surface area contributed by atoms with Gasteiger partial charge < -0.3 is 4.74 Å². The van der Waals surface area contributed by atoms with Crippen molar-refractivity contribution < 1.29 is 13.5 Å². The van der Waals surface area contributed by atoms with Gasteiger partial charge in [0.1, 0.15) is 11.6 Å². The van der Waals surface area contributed by atoms with Crippen molar-refractivity contribution in [1.82, 2.24) is 0 Å². The van der Waals surface area contributed by atoms with Gasteiger partial charge in [-0.1, -0.05) is 6.07 Å². The van der Waals surface area contributed by atoms with Gasteiger partial charge in [-0.3, -0.25) is 0 Å². The van der Waals surface area contributed by atoms with Gasteiger partial charge in [0, 0.05) is 16.5 Å². The third kappa shape index (κ3) is 1.37. The van der Waals surface area contributed by atoms with Crippen LogP contribution in [0.5, 0.6) is 0 Å². The van der Waals surface area contributed by atoms with Gasteiger partial charge in [-0.15, -0.1) is 11.3 Å². The lowest BCUT2D eigenvalue weighted by molar-refractivity contribution is 0.344. The second-order valence-electron chi connectivity index (χ2n) is 3.72. The van der Waals surface area contributed by atoms with Crippen LogP contribution in [0.15, 0.2) is 35.7 Å². The zero-order chi connectivity index (χ0) is 11.2. The first-order chi connectivity index (χ1) is 7.72. The Morgan fingerprint density at radius 3 is 2.62 bits per heavy atom. The van der Waals surface area contributed by atoms with E-state index >= 15 is 0 Å². The Balaban J connectivity index is 2.10. The fourth-order valence-corrected chi connectivity index (χ4v) is 2.71. The molecule has 16 heavy (non-hydrogen) atoms. The molecule has 1 aromatic carbocycles. The van der Waals surface area contributed by atoms with E-state index in [9.17, 15) is 8.78 Å². The Kier molecular flexibility index (Phi) is 2.09. The van der Waals surface area contributed by atoms with Crippen LogP contribution in [0.3, 0.4) is 0 Å².